The van der Waals surface area contributed by atoms with E-state index in [4.69, 9.17) is 4.74 Å². The third-order valence-electron chi connectivity index (χ3n) is 2.76. The first-order valence-electron chi connectivity index (χ1n) is 5.33. The molecule has 1 aromatic carbocycles. The van der Waals surface area contributed by atoms with Crippen molar-refractivity contribution in [2.75, 3.05) is 7.11 Å². The lowest BCUT2D eigenvalue weighted by Crippen LogP contribution is -1.90. The summed E-state index contributed by atoms with van der Waals surface area (Å²) in [6.07, 6.45) is 2.19. The van der Waals surface area contributed by atoms with Crippen molar-refractivity contribution in [3.63, 3.8) is 0 Å². The number of ether oxygens (including phenoxy) is 1. The Morgan fingerprint density at radius 3 is 2.80 bits per heavy atom. The molecule has 0 N–H and O–H groups in total. The fraction of sp³-hybridized carbons (Fsp3) is 0.385. The lowest BCUT2D eigenvalue weighted by Gasteiger charge is -2.00. The van der Waals surface area contributed by atoms with E-state index < -0.39 is 0 Å². The van der Waals surface area contributed by atoms with Crippen LogP contribution in [0.1, 0.15) is 18.1 Å². The molecule has 0 fully saturated rings. The van der Waals surface area contributed by atoms with Crippen LogP contribution in [0.25, 0.3) is 10.9 Å². The highest BCUT2D eigenvalue weighted by molar-refractivity contribution is 5.84. The molecule has 0 aliphatic rings. The first kappa shape index (κ1) is 10.2. The van der Waals surface area contributed by atoms with Gasteiger partial charge in [0, 0.05) is 36.3 Å². The predicted octanol–water partition coefficient (Wildman–Crippen LogP) is 3.12. The maximum atomic E-state index is 5.21. The maximum Gasteiger partial charge on any atom is 0.0733 e. The Hall–Kier alpha value is -1.28. The summed E-state index contributed by atoms with van der Waals surface area (Å²) >= 11 is 0. The van der Waals surface area contributed by atoms with Crippen molar-refractivity contribution in [2.24, 2.45) is 0 Å². The van der Waals surface area contributed by atoms with Gasteiger partial charge in [-0.1, -0.05) is 12.1 Å². The summed E-state index contributed by atoms with van der Waals surface area (Å²) in [4.78, 5) is 0. The molecule has 2 aromatic rings. The minimum atomic E-state index is 0.687. The second kappa shape index (κ2) is 4.07. The van der Waals surface area contributed by atoms with E-state index in [1.807, 2.05) is 0 Å². The molecule has 0 saturated heterocycles. The van der Waals surface area contributed by atoms with E-state index in [1.165, 1.54) is 22.0 Å². The molecule has 2 nitrogen and oxygen atoms in total. The van der Waals surface area contributed by atoms with Crippen LogP contribution in [0.5, 0.6) is 0 Å². The van der Waals surface area contributed by atoms with Gasteiger partial charge < -0.3 is 9.30 Å². The molecule has 0 spiro atoms. The van der Waals surface area contributed by atoms with Crippen LogP contribution in [0.2, 0.25) is 0 Å². The minimum Gasteiger partial charge on any atom is -0.380 e. The largest absolute Gasteiger partial charge is 0.380 e. The zero-order valence-electron chi connectivity index (χ0n) is 9.58. The topological polar surface area (TPSA) is 14.2 Å². The molecule has 0 radical (unpaired) electrons. The maximum absolute atomic E-state index is 5.21. The van der Waals surface area contributed by atoms with Crippen molar-refractivity contribution in [3.8, 4) is 0 Å². The molecular weight excluding hydrogens is 186 g/mol. The minimum absolute atomic E-state index is 0.687. The van der Waals surface area contributed by atoms with E-state index in [9.17, 15) is 0 Å². The van der Waals surface area contributed by atoms with Gasteiger partial charge in [-0.2, -0.15) is 0 Å². The second-order valence-corrected chi connectivity index (χ2v) is 3.89. The number of aromatic nitrogens is 1. The Kier molecular flexibility index (Phi) is 2.78. The third kappa shape index (κ3) is 1.77. The average molecular weight is 203 g/mol. The average Bonchev–Trinajstić information content (AvgIpc) is 2.56. The molecule has 1 aromatic heterocycles. The Bertz CT molecular complexity index is 471. The normalized spacial score (nSPS) is 11.1. The van der Waals surface area contributed by atoms with Gasteiger partial charge in [0.25, 0.3) is 0 Å². The highest BCUT2D eigenvalue weighted by Crippen LogP contribution is 2.23. The molecule has 0 atom stereocenters. The molecule has 2 heteroatoms. The van der Waals surface area contributed by atoms with Crippen LogP contribution in [0.3, 0.4) is 0 Å². The van der Waals surface area contributed by atoms with Crippen LogP contribution >= 0.6 is 0 Å². The number of nitrogens with zero attached hydrogens (tertiary/aromatic N) is 1. The van der Waals surface area contributed by atoms with E-state index in [0.717, 1.165) is 6.54 Å². The van der Waals surface area contributed by atoms with Gasteiger partial charge in [-0.15, -0.1) is 0 Å². The standard InChI is InChI=1S/C13H17NO/c1-4-14-8-11(9-15-3)12-6-5-10(2)7-13(12)14/h5-8H,4,9H2,1-3H3. The smallest absolute Gasteiger partial charge is 0.0733 e. The van der Waals surface area contributed by atoms with Crippen LogP contribution in [0.4, 0.5) is 0 Å². The van der Waals surface area contributed by atoms with E-state index >= 15 is 0 Å². The first-order chi connectivity index (χ1) is 7.26. The van der Waals surface area contributed by atoms with Crippen LogP contribution < -0.4 is 0 Å². The fourth-order valence-corrected chi connectivity index (χ4v) is 2.01. The van der Waals surface area contributed by atoms with E-state index in [0.29, 0.717) is 6.61 Å². The summed E-state index contributed by atoms with van der Waals surface area (Å²) < 4.78 is 7.49. The Labute approximate surface area is 90.5 Å². The van der Waals surface area contributed by atoms with E-state index in [2.05, 4.69) is 42.8 Å². The monoisotopic (exact) mass is 203 g/mol. The highest BCUT2D eigenvalue weighted by atomic mass is 16.5. The molecule has 1 heterocycles. The summed E-state index contributed by atoms with van der Waals surface area (Å²) in [7, 11) is 1.74. The van der Waals surface area contributed by atoms with Gasteiger partial charge in [-0.3, -0.25) is 0 Å². The zero-order chi connectivity index (χ0) is 10.8. The van der Waals surface area contributed by atoms with Crippen molar-refractivity contribution in [3.05, 3.63) is 35.5 Å². The van der Waals surface area contributed by atoms with Gasteiger partial charge in [0.05, 0.1) is 6.61 Å². The molecule has 0 saturated carbocycles. The van der Waals surface area contributed by atoms with E-state index in [1.54, 1.807) is 7.11 Å². The number of aryl methyl sites for hydroxylation is 2. The lowest BCUT2D eigenvalue weighted by molar-refractivity contribution is 0.186. The summed E-state index contributed by atoms with van der Waals surface area (Å²) in [5.41, 5.74) is 3.89. The predicted molar refractivity (Wildman–Crippen MR) is 63.1 cm³/mol. The summed E-state index contributed by atoms with van der Waals surface area (Å²) in [6, 6.07) is 6.57. The first-order valence-corrected chi connectivity index (χ1v) is 5.33. The molecular formula is C13H17NO. The number of hydrogen-bond donors (Lipinski definition) is 0. The van der Waals surface area contributed by atoms with Crippen LogP contribution in [0, 0.1) is 6.92 Å². The second-order valence-electron chi connectivity index (χ2n) is 3.89. The molecule has 0 aliphatic heterocycles. The van der Waals surface area contributed by atoms with Crippen LogP contribution in [0.15, 0.2) is 24.4 Å². The number of benzene rings is 1. The highest BCUT2D eigenvalue weighted by Gasteiger charge is 2.06. The fourth-order valence-electron chi connectivity index (χ4n) is 2.01. The lowest BCUT2D eigenvalue weighted by atomic mass is 10.1. The number of fused-ring (bicyclic) bond motifs is 1. The van der Waals surface area contributed by atoms with Crippen molar-refractivity contribution < 1.29 is 4.74 Å². The quantitative estimate of drug-likeness (QED) is 0.747. The Morgan fingerprint density at radius 2 is 2.13 bits per heavy atom. The van der Waals surface area contributed by atoms with Gasteiger partial charge in [-0.25, -0.2) is 0 Å². The molecule has 15 heavy (non-hydrogen) atoms. The Balaban J connectivity index is 2.64. The summed E-state index contributed by atoms with van der Waals surface area (Å²) in [6.45, 7) is 5.98. The number of rotatable bonds is 3. The third-order valence-corrected chi connectivity index (χ3v) is 2.76. The van der Waals surface area contributed by atoms with Gasteiger partial charge in [0.15, 0.2) is 0 Å². The summed E-state index contributed by atoms with van der Waals surface area (Å²) in [5.74, 6) is 0. The van der Waals surface area contributed by atoms with Crippen LogP contribution in [-0.2, 0) is 17.9 Å². The molecule has 0 bridgehead atoms. The van der Waals surface area contributed by atoms with Gasteiger partial charge in [-0.05, 0) is 25.5 Å². The molecule has 80 valence electrons. The van der Waals surface area contributed by atoms with Crippen molar-refractivity contribution in [1.82, 2.24) is 4.57 Å². The van der Waals surface area contributed by atoms with Gasteiger partial charge >= 0.3 is 0 Å². The van der Waals surface area contributed by atoms with Crippen molar-refractivity contribution >= 4 is 10.9 Å². The van der Waals surface area contributed by atoms with Crippen molar-refractivity contribution in [2.45, 2.75) is 27.0 Å². The number of methoxy groups -OCH3 is 1. The SMILES string of the molecule is CCn1cc(COC)c2ccc(C)cc21. The van der Waals surface area contributed by atoms with Gasteiger partial charge in [0.2, 0.25) is 0 Å². The Morgan fingerprint density at radius 1 is 1.33 bits per heavy atom. The van der Waals surface area contributed by atoms with E-state index in [-0.39, 0.29) is 0 Å². The zero-order valence-corrected chi connectivity index (χ0v) is 9.58. The summed E-state index contributed by atoms with van der Waals surface area (Å²) in [5, 5.41) is 1.31. The molecule has 0 amide bonds. The molecule has 0 unspecified atom stereocenters. The number of hydrogen-bond acceptors (Lipinski definition) is 1. The van der Waals surface area contributed by atoms with Gasteiger partial charge in [0.1, 0.15) is 0 Å². The molecule has 0 aliphatic carbocycles. The van der Waals surface area contributed by atoms with Crippen molar-refractivity contribution in [1.29, 1.82) is 0 Å². The molecule has 2 rings (SSSR count). The van der Waals surface area contributed by atoms with Crippen LogP contribution in [-0.4, -0.2) is 11.7 Å².